The predicted octanol–water partition coefficient (Wildman–Crippen LogP) is 3.05. The van der Waals surface area contributed by atoms with E-state index in [-0.39, 0.29) is 0 Å². The van der Waals surface area contributed by atoms with Crippen LogP contribution in [0.5, 0.6) is 0 Å². The Hall–Kier alpha value is -0.570. The zero-order chi connectivity index (χ0) is 14.7. The summed E-state index contributed by atoms with van der Waals surface area (Å²) in [5, 5.41) is 3.24. The minimum atomic E-state index is 0.405. The third kappa shape index (κ3) is 3.80. The van der Waals surface area contributed by atoms with Crippen molar-refractivity contribution in [2.45, 2.75) is 57.8 Å². The van der Waals surface area contributed by atoms with Gasteiger partial charge in [0.05, 0.1) is 0 Å². The van der Waals surface area contributed by atoms with Crippen LogP contribution in [0.15, 0.2) is 0 Å². The highest BCUT2D eigenvalue weighted by atomic mass is 16.2. The molecule has 2 unspecified atom stereocenters. The van der Waals surface area contributed by atoms with Gasteiger partial charge in [-0.3, -0.25) is 4.79 Å². The summed E-state index contributed by atoms with van der Waals surface area (Å²) < 4.78 is 0. The van der Waals surface area contributed by atoms with Gasteiger partial charge in [-0.2, -0.15) is 0 Å². The van der Waals surface area contributed by atoms with Crippen molar-refractivity contribution in [3.8, 4) is 0 Å². The monoisotopic (exact) mass is 292 g/mol. The van der Waals surface area contributed by atoms with Crippen LogP contribution < -0.4 is 5.32 Å². The Balaban J connectivity index is 1.41. The lowest BCUT2D eigenvalue weighted by Gasteiger charge is -2.32. The molecule has 1 heterocycles. The molecule has 0 aromatic rings. The minimum absolute atomic E-state index is 0.405. The molecule has 0 spiro atoms. The molecule has 2 aliphatic carbocycles. The number of likely N-dealkylation sites (tertiary alicyclic amines) is 1. The summed E-state index contributed by atoms with van der Waals surface area (Å²) in [6.45, 7) is 3.15. The molecule has 2 atom stereocenters. The van der Waals surface area contributed by atoms with Crippen LogP contribution in [-0.2, 0) is 4.79 Å². The lowest BCUT2D eigenvalue weighted by atomic mass is 9.85. The van der Waals surface area contributed by atoms with Crippen LogP contribution in [0.25, 0.3) is 0 Å². The molecule has 1 saturated heterocycles. The molecular formula is C18H32N2O. The van der Waals surface area contributed by atoms with Gasteiger partial charge in [-0.25, -0.2) is 0 Å². The maximum Gasteiger partial charge on any atom is 0.225 e. The first-order chi connectivity index (χ1) is 10.3. The number of nitrogens with zero attached hydrogens (tertiary/aromatic N) is 1. The van der Waals surface area contributed by atoms with E-state index in [9.17, 15) is 4.79 Å². The molecule has 3 fully saturated rings. The van der Waals surface area contributed by atoms with Gasteiger partial charge < -0.3 is 10.2 Å². The molecule has 3 aliphatic rings. The van der Waals surface area contributed by atoms with Gasteiger partial charge in [-0.05, 0) is 57.0 Å². The number of rotatable bonds is 5. The van der Waals surface area contributed by atoms with Crippen LogP contribution >= 0.6 is 0 Å². The molecule has 1 amide bonds. The second kappa shape index (κ2) is 7.13. The van der Waals surface area contributed by atoms with Crippen molar-refractivity contribution >= 4 is 5.91 Å². The molecule has 1 aliphatic heterocycles. The van der Waals surface area contributed by atoms with Gasteiger partial charge in [-0.1, -0.05) is 32.1 Å². The average molecular weight is 292 g/mol. The van der Waals surface area contributed by atoms with E-state index in [0.717, 1.165) is 37.4 Å². The predicted molar refractivity (Wildman–Crippen MR) is 86.0 cm³/mol. The van der Waals surface area contributed by atoms with Crippen LogP contribution in [-0.4, -0.2) is 37.5 Å². The summed E-state index contributed by atoms with van der Waals surface area (Å²) in [5.41, 5.74) is 0. The fourth-order valence-electron chi connectivity index (χ4n) is 4.61. The molecule has 3 heteroatoms. The standard InChI is InChI=1S/C18H32N2O/c1-19-10-7-14-8-11-20(12-9-14)18(21)17-13-16(17)15-5-3-2-4-6-15/h14-17,19H,2-13H2,1H3. The number of piperidine rings is 1. The second-order valence-corrected chi connectivity index (χ2v) is 7.57. The van der Waals surface area contributed by atoms with E-state index >= 15 is 0 Å². The van der Waals surface area contributed by atoms with Gasteiger partial charge in [0, 0.05) is 19.0 Å². The highest BCUT2D eigenvalue weighted by molar-refractivity contribution is 5.81. The van der Waals surface area contributed by atoms with E-state index < -0.39 is 0 Å². The Labute approximate surface area is 129 Å². The molecule has 3 nitrogen and oxygen atoms in total. The Morgan fingerprint density at radius 1 is 1.10 bits per heavy atom. The zero-order valence-corrected chi connectivity index (χ0v) is 13.7. The average Bonchev–Trinajstić information content (AvgIpc) is 3.34. The fourth-order valence-corrected chi connectivity index (χ4v) is 4.61. The summed E-state index contributed by atoms with van der Waals surface area (Å²) in [6.07, 6.45) is 11.9. The first-order valence-electron chi connectivity index (χ1n) is 9.23. The fraction of sp³-hybridized carbons (Fsp3) is 0.944. The molecule has 0 bridgehead atoms. The second-order valence-electron chi connectivity index (χ2n) is 7.57. The Morgan fingerprint density at radius 2 is 1.81 bits per heavy atom. The van der Waals surface area contributed by atoms with Crippen molar-refractivity contribution in [1.29, 1.82) is 0 Å². The van der Waals surface area contributed by atoms with Crippen LogP contribution in [0.1, 0.15) is 57.8 Å². The van der Waals surface area contributed by atoms with Gasteiger partial charge in [0.25, 0.3) is 0 Å². The molecule has 3 rings (SSSR count). The smallest absolute Gasteiger partial charge is 0.225 e. The van der Waals surface area contributed by atoms with E-state index in [1.165, 1.54) is 57.8 Å². The SMILES string of the molecule is CNCCC1CCN(C(=O)C2CC2C2CCCCC2)CC1. The van der Waals surface area contributed by atoms with E-state index in [2.05, 4.69) is 10.2 Å². The molecule has 0 radical (unpaired) electrons. The van der Waals surface area contributed by atoms with Crippen molar-refractivity contribution in [3.63, 3.8) is 0 Å². The molecule has 2 saturated carbocycles. The van der Waals surface area contributed by atoms with Crippen LogP contribution in [0.4, 0.5) is 0 Å². The van der Waals surface area contributed by atoms with Crippen molar-refractivity contribution in [3.05, 3.63) is 0 Å². The highest BCUT2D eigenvalue weighted by Crippen LogP contribution is 2.50. The van der Waals surface area contributed by atoms with Gasteiger partial charge in [-0.15, -0.1) is 0 Å². The minimum Gasteiger partial charge on any atom is -0.342 e. The van der Waals surface area contributed by atoms with Crippen LogP contribution in [0, 0.1) is 23.7 Å². The molecule has 1 N–H and O–H groups in total. The topological polar surface area (TPSA) is 32.3 Å². The third-order valence-corrected chi connectivity index (χ3v) is 6.14. The number of hydrogen-bond donors (Lipinski definition) is 1. The summed E-state index contributed by atoms with van der Waals surface area (Å²) in [5.74, 6) is 3.36. The van der Waals surface area contributed by atoms with Crippen molar-refractivity contribution in [2.24, 2.45) is 23.7 Å². The van der Waals surface area contributed by atoms with Crippen molar-refractivity contribution in [1.82, 2.24) is 10.2 Å². The van der Waals surface area contributed by atoms with E-state index in [1.807, 2.05) is 7.05 Å². The maximum absolute atomic E-state index is 12.6. The Morgan fingerprint density at radius 3 is 2.48 bits per heavy atom. The largest absolute Gasteiger partial charge is 0.342 e. The van der Waals surface area contributed by atoms with Gasteiger partial charge >= 0.3 is 0 Å². The van der Waals surface area contributed by atoms with Gasteiger partial charge in [0.15, 0.2) is 0 Å². The summed E-state index contributed by atoms with van der Waals surface area (Å²) in [7, 11) is 2.02. The zero-order valence-electron chi connectivity index (χ0n) is 13.7. The number of carbonyl (C=O) groups is 1. The Kier molecular flexibility index (Phi) is 5.20. The molecule has 0 aromatic heterocycles. The van der Waals surface area contributed by atoms with Crippen LogP contribution in [0.3, 0.4) is 0 Å². The highest BCUT2D eigenvalue weighted by Gasteiger charge is 2.48. The summed E-state index contributed by atoms with van der Waals surface area (Å²) in [6, 6.07) is 0. The van der Waals surface area contributed by atoms with Crippen molar-refractivity contribution < 1.29 is 4.79 Å². The summed E-state index contributed by atoms with van der Waals surface area (Å²) >= 11 is 0. The number of hydrogen-bond acceptors (Lipinski definition) is 2. The van der Waals surface area contributed by atoms with E-state index in [4.69, 9.17) is 0 Å². The number of carbonyl (C=O) groups excluding carboxylic acids is 1. The van der Waals surface area contributed by atoms with E-state index in [1.54, 1.807) is 0 Å². The van der Waals surface area contributed by atoms with E-state index in [0.29, 0.717) is 11.8 Å². The molecule has 21 heavy (non-hydrogen) atoms. The molecule has 0 aromatic carbocycles. The maximum atomic E-state index is 12.6. The Bertz CT molecular complexity index is 343. The quantitative estimate of drug-likeness (QED) is 0.844. The third-order valence-electron chi connectivity index (χ3n) is 6.14. The normalized spacial score (nSPS) is 31.4. The first-order valence-corrected chi connectivity index (χ1v) is 9.23. The lowest BCUT2D eigenvalue weighted by molar-refractivity contribution is -0.134. The molecule has 120 valence electrons. The molecular weight excluding hydrogens is 260 g/mol. The lowest BCUT2D eigenvalue weighted by Crippen LogP contribution is -2.40. The number of nitrogens with one attached hydrogen (secondary N) is 1. The first kappa shape index (κ1) is 15.3. The van der Waals surface area contributed by atoms with Gasteiger partial charge in [0.1, 0.15) is 0 Å². The number of amides is 1. The van der Waals surface area contributed by atoms with Crippen molar-refractivity contribution in [2.75, 3.05) is 26.7 Å². The summed E-state index contributed by atoms with van der Waals surface area (Å²) in [4.78, 5) is 14.8. The van der Waals surface area contributed by atoms with Crippen LogP contribution in [0.2, 0.25) is 0 Å². The van der Waals surface area contributed by atoms with Gasteiger partial charge in [0.2, 0.25) is 5.91 Å².